The fourth-order valence-corrected chi connectivity index (χ4v) is 2.70. The van der Waals surface area contributed by atoms with Gasteiger partial charge in [0.2, 0.25) is 5.95 Å². The van der Waals surface area contributed by atoms with E-state index < -0.39 is 5.95 Å². The first-order valence-electron chi connectivity index (χ1n) is 6.02. The van der Waals surface area contributed by atoms with Gasteiger partial charge in [-0.3, -0.25) is 9.59 Å². The lowest BCUT2D eigenvalue weighted by atomic mass is 9.93. The topological polar surface area (TPSA) is 50.3 Å². The van der Waals surface area contributed by atoms with E-state index in [0.717, 1.165) is 17.7 Å². The molecule has 2 amide bonds. The lowest BCUT2D eigenvalue weighted by Crippen LogP contribution is -2.32. The third-order valence-corrected chi connectivity index (χ3v) is 4.00. The fourth-order valence-electron chi connectivity index (χ4n) is 2.48. The monoisotopic (exact) mass is 324 g/mol. The van der Waals surface area contributed by atoms with Gasteiger partial charge in [0.05, 0.1) is 4.47 Å². The van der Waals surface area contributed by atoms with Crippen LogP contribution in [0.3, 0.4) is 0 Å². The molecule has 0 fully saturated rings. The zero-order valence-electron chi connectivity index (χ0n) is 9.95. The third-order valence-electron chi connectivity index (χ3n) is 3.41. The summed E-state index contributed by atoms with van der Waals surface area (Å²) in [6.07, 6.45) is 3.06. The maximum Gasteiger partial charge on any atom is 0.262 e. The van der Waals surface area contributed by atoms with Crippen molar-refractivity contribution in [1.82, 2.24) is 4.98 Å². The van der Waals surface area contributed by atoms with Crippen molar-refractivity contribution in [2.45, 2.75) is 25.7 Å². The van der Waals surface area contributed by atoms with Gasteiger partial charge < -0.3 is 0 Å². The molecule has 19 heavy (non-hydrogen) atoms. The molecule has 2 heterocycles. The number of imide groups is 1. The molecule has 0 atom stereocenters. The number of anilines is 1. The molecule has 4 nitrogen and oxygen atoms in total. The quantitative estimate of drug-likeness (QED) is 0.589. The lowest BCUT2D eigenvalue weighted by molar-refractivity contribution is -0.120. The number of amides is 2. The van der Waals surface area contributed by atoms with Gasteiger partial charge in [-0.15, -0.1) is 0 Å². The Bertz CT molecular complexity index is 599. The van der Waals surface area contributed by atoms with Crippen LogP contribution in [0.25, 0.3) is 0 Å². The van der Waals surface area contributed by atoms with E-state index in [9.17, 15) is 14.0 Å². The van der Waals surface area contributed by atoms with Gasteiger partial charge in [0.15, 0.2) is 0 Å². The second kappa shape index (κ2) is 4.52. The standard InChI is InChI=1S/C13H10BrFN2O2/c14-9-5-6-10(16-11(9)15)17-12(18)7-3-1-2-4-8(7)13(17)19/h5-6H,1-4H2. The van der Waals surface area contributed by atoms with Crippen LogP contribution in [0, 0.1) is 5.95 Å². The van der Waals surface area contributed by atoms with E-state index in [1.165, 1.54) is 12.1 Å². The Hall–Kier alpha value is -1.56. The molecular weight excluding hydrogens is 315 g/mol. The molecule has 0 spiro atoms. The van der Waals surface area contributed by atoms with E-state index in [0.29, 0.717) is 24.0 Å². The molecule has 1 aromatic rings. The van der Waals surface area contributed by atoms with Gasteiger partial charge in [-0.05, 0) is 53.7 Å². The maximum absolute atomic E-state index is 13.4. The van der Waals surface area contributed by atoms with E-state index in [4.69, 9.17) is 0 Å². The van der Waals surface area contributed by atoms with Crippen molar-refractivity contribution in [2.75, 3.05) is 4.90 Å². The Morgan fingerprint density at radius 2 is 1.68 bits per heavy atom. The number of pyridine rings is 1. The molecule has 0 radical (unpaired) electrons. The molecule has 0 bridgehead atoms. The first-order valence-corrected chi connectivity index (χ1v) is 6.82. The molecule has 0 N–H and O–H groups in total. The Morgan fingerprint density at radius 3 is 2.21 bits per heavy atom. The van der Waals surface area contributed by atoms with E-state index in [1.807, 2.05) is 0 Å². The average molecular weight is 325 g/mol. The van der Waals surface area contributed by atoms with Gasteiger partial charge in [-0.25, -0.2) is 9.88 Å². The van der Waals surface area contributed by atoms with Crippen molar-refractivity contribution < 1.29 is 14.0 Å². The summed E-state index contributed by atoms with van der Waals surface area (Å²) in [4.78, 5) is 29.1. The van der Waals surface area contributed by atoms with Crippen LogP contribution in [0.2, 0.25) is 0 Å². The lowest BCUT2D eigenvalue weighted by Gasteiger charge is -2.13. The van der Waals surface area contributed by atoms with Gasteiger partial charge in [-0.2, -0.15) is 4.39 Å². The zero-order chi connectivity index (χ0) is 13.6. The van der Waals surface area contributed by atoms with Gasteiger partial charge in [-0.1, -0.05) is 0 Å². The van der Waals surface area contributed by atoms with Gasteiger partial charge in [0.25, 0.3) is 11.8 Å². The average Bonchev–Trinajstić information content (AvgIpc) is 2.66. The Labute approximate surface area is 117 Å². The summed E-state index contributed by atoms with van der Waals surface area (Å²) >= 11 is 2.99. The minimum absolute atomic E-state index is 0.0464. The first-order chi connectivity index (χ1) is 9.09. The number of hydrogen-bond acceptors (Lipinski definition) is 3. The molecule has 3 rings (SSSR count). The third kappa shape index (κ3) is 1.90. The maximum atomic E-state index is 13.4. The predicted octanol–water partition coefficient (Wildman–Crippen LogP) is 2.73. The highest BCUT2D eigenvalue weighted by molar-refractivity contribution is 9.10. The molecule has 0 unspecified atom stereocenters. The Balaban J connectivity index is 2.01. The van der Waals surface area contributed by atoms with Gasteiger partial charge in [0.1, 0.15) is 5.82 Å². The second-order valence-corrected chi connectivity index (χ2v) is 5.41. The molecule has 1 aliphatic carbocycles. The first kappa shape index (κ1) is 12.5. The fraction of sp³-hybridized carbons (Fsp3) is 0.308. The molecule has 6 heteroatoms. The Morgan fingerprint density at radius 1 is 1.11 bits per heavy atom. The Kier molecular flexibility index (Phi) is 2.97. The van der Waals surface area contributed by atoms with E-state index in [2.05, 4.69) is 20.9 Å². The molecule has 2 aliphatic rings. The van der Waals surface area contributed by atoms with Crippen LogP contribution < -0.4 is 4.90 Å². The molecule has 0 aromatic carbocycles. The molecule has 1 aromatic heterocycles. The van der Waals surface area contributed by atoms with Crippen molar-refractivity contribution in [1.29, 1.82) is 0 Å². The second-order valence-electron chi connectivity index (χ2n) is 4.55. The van der Waals surface area contributed by atoms with E-state index in [-0.39, 0.29) is 22.1 Å². The zero-order valence-corrected chi connectivity index (χ0v) is 11.5. The summed E-state index contributed by atoms with van der Waals surface area (Å²) in [6, 6.07) is 2.90. The van der Waals surface area contributed by atoms with Crippen LogP contribution in [0.5, 0.6) is 0 Å². The van der Waals surface area contributed by atoms with E-state index >= 15 is 0 Å². The van der Waals surface area contributed by atoms with Crippen LogP contribution in [0.4, 0.5) is 10.2 Å². The number of carbonyl (C=O) groups excluding carboxylic acids is 2. The summed E-state index contributed by atoms with van der Waals surface area (Å²) in [7, 11) is 0. The van der Waals surface area contributed by atoms with Crippen LogP contribution in [0.15, 0.2) is 27.8 Å². The molecule has 1 aliphatic heterocycles. The summed E-state index contributed by atoms with van der Waals surface area (Å²) in [6.45, 7) is 0. The van der Waals surface area contributed by atoms with E-state index in [1.54, 1.807) is 0 Å². The highest BCUT2D eigenvalue weighted by atomic mass is 79.9. The number of aromatic nitrogens is 1. The van der Waals surface area contributed by atoms with Gasteiger partial charge in [0, 0.05) is 11.1 Å². The summed E-state index contributed by atoms with van der Waals surface area (Å²) in [5.74, 6) is -1.39. The number of rotatable bonds is 1. The van der Waals surface area contributed by atoms with Crippen LogP contribution in [-0.4, -0.2) is 16.8 Å². The number of hydrogen-bond donors (Lipinski definition) is 0. The van der Waals surface area contributed by atoms with Crippen molar-refractivity contribution in [3.63, 3.8) is 0 Å². The highest BCUT2D eigenvalue weighted by Gasteiger charge is 2.40. The number of nitrogens with zero attached hydrogens (tertiary/aromatic N) is 2. The minimum atomic E-state index is -0.733. The summed E-state index contributed by atoms with van der Waals surface area (Å²) < 4.78 is 13.6. The van der Waals surface area contributed by atoms with Crippen molar-refractivity contribution in [3.8, 4) is 0 Å². The summed E-state index contributed by atoms with van der Waals surface area (Å²) in [5, 5.41) is 0. The minimum Gasteiger partial charge on any atom is -0.269 e. The molecular formula is C13H10BrFN2O2. The number of carbonyl (C=O) groups is 2. The highest BCUT2D eigenvalue weighted by Crippen LogP contribution is 2.35. The number of halogens is 2. The summed E-state index contributed by atoms with van der Waals surface area (Å²) in [5.41, 5.74) is 1.14. The van der Waals surface area contributed by atoms with Crippen molar-refractivity contribution in [2.24, 2.45) is 0 Å². The largest absolute Gasteiger partial charge is 0.269 e. The van der Waals surface area contributed by atoms with Crippen LogP contribution in [0.1, 0.15) is 25.7 Å². The van der Waals surface area contributed by atoms with Crippen molar-refractivity contribution in [3.05, 3.63) is 33.7 Å². The normalized spacial score (nSPS) is 19.2. The van der Waals surface area contributed by atoms with Crippen LogP contribution >= 0.6 is 15.9 Å². The smallest absolute Gasteiger partial charge is 0.262 e. The van der Waals surface area contributed by atoms with Crippen LogP contribution in [-0.2, 0) is 9.59 Å². The SMILES string of the molecule is O=C1C2=C(CCCC2)C(=O)N1c1ccc(Br)c(F)n1. The molecule has 0 saturated heterocycles. The molecule has 98 valence electrons. The van der Waals surface area contributed by atoms with Crippen molar-refractivity contribution >= 4 is 33.6 Å². The van der Waals surface area contributed by atoms with Gasteiger partial charge >= 0.3 is 0 Å². The molecule has 0 saturated carbocycles. The predicted molar refractivity (Wildman–Crippen MR) is 69.9 cm³/mol.